The maximum Gasteiger partial charge on any atom is 0.297 e. The largest absolute Gasteiger partial charge is 0.297 e. The average Bonchev–Trinajstić information content (AvgIpc) is 3.16. The number of hydrogen-bond donors (Lipinski definition) is 0. The fourth-order valence-electron chi connectivity index (χ4n) is 3.24. The summed E-state index contributed by atoms with van der Waals surface area (Å²) in [7, 11) is -4.12. The summed E-state index contributed by atoms with van der Waals surface area (Å²) < 4.78 is 31.1. The molecule has 164 valence electrons. The highest BCUT2D eigenvalue weighted by atomic mass is 32.2. The van der Waals surface area contributed by atoms with Gasteiger partial charge >= 0.3 is 0 Å². The van der Waals surface area contributed by atoms with E-state index in [4.69, 9.17) is 4.18 Å². The van der Waals surface area contributed by atoms with Crippen molar-refractivity contribution in [2.45, 2.75) is 25.7 Å². The Morgan fingerprint density at radius 2 is 1.59 bits per heavy atom. The Morgan fingerprint density at radius 3 is 2.22 bits per heavy atom. The molecule has 9 heteroatoms. The van der Waals surface area contributed by atoms with Crippen molar-refractivity contribution in [2.24, 2.45) is 0 Å². The molecule has 0 fully saturated rings. The van der Waals surface area contributed by atoms with Crippen molar-refractivity contribution in [3.63, 3.8) is 0 Å². The Balaban J connectivity index is 1.72. The first-order valence-electron chi connectivity index (χ1n) is 9.75. The Labute approximate surface area is 189 Å². The van der Waals surface area contributed by atoms with Gasteiger partial charge in [-0.15, -0.1) is 11.3 Å². The Bertz CT molecular complexity index is 1480. The summed E-state index contributed by atoms with van der Waals surface area (Å²) in [5, 5.41) is 6.74. The van der Waals surface area contributed by atoms with E-state index in [0.717, 1.165) is 16.0 Å². The van der Waals surface area contributed by atoms with Gasteiger partial charge in [-0.05, 0) is 45.0 Å². The quantitative estimate of drug-likeness (QED) is 0.314. The molecule has 32 heavy (non-hydrogen) atoms. The minimum absolute atomic E-state index is 0.0105. The van der Waals surface area contributed by atoms with E-state index in [0.29, 0.717) is 16.5 Å². The second-order valence-electron chi connectivity index (χ2n) is 7.43. The summed E-state index contributed by atoms with van der Waals surface area (Å²) in [5.41, 5.74) is 2.07. The number of ketones is 1. The van der Waals surface area contributed by atoms with E-state index >= 15 is 0 Å². The van der Waals surface area contributed by atoms with E-state index in [1.54, 1.807) is 36.6 Å². The van der Waals surface area contributed by atoms with E-state index in [1.165, 1.54) is 28.2 Å². The van der Waals surface area contributed by atoms with Crippen molar-refractivity contribution < 1.29 is 17.4 Å². The number of aryl methyl sites for hydroxylation is 3. The first-order chi connectivity index (χ1) is 15.2. The van der Waals surface area contributed by atoms with Crippen LogP contribution in [0.15, 0.2) is 63.6 Å². The summed E-state index contributed by atoms with van der Waals surface area (Å²) >= 11 is 1.33. The van der Waals surface area contributed by atoms with Gasteiger partial charge in [-0.2, -0.15) is 18.2 Å². The van der Waals surface area contributed by atoms with Crippen LogP contribution in [0.2, 0.25) is 0 Å². The third-order valence-electron chi connectivity index (χ3n) is 5.03. The number of carbonyl (C=O) groups is 1. The number of rotatable bonds is 6. The van der Waals surface area contributed by atoms with Gasteiger partial charge in [-0.25, -0.2) is 0 Å². The zero-order valence-electron chi connectivity index (χ0n) is 17.7. The third kappa shape index (κ3) is 4.14. The first kappa shape index (κ1) is 22.1. The molecule has 0 saturated carbocycles. The van der Waals surface area contributed by atoms with Crippen molar-refractivity contribution >= 4 is 38.0 Å². The Kier molecular flexibility index (Phi) is 5.81. The summed E-state index contributed by atoms with van der Waals surface area (Å²) in [6.45, 7) is 4.83. The van der Waals surface area contributed by atoms with Crippen LogP contribution in [0.5, 0.6) is 0 Å². The minimum Gasteiger partial charge on any atom is -0.290 e. The lowest BCUT2D eigenvalue weighted by molar-refractivity contribution is 0.0920. The second-order valence-corrected chi connectivity index (χ2v) is 10.1. The van der Waals surface area contributed by atoms with Gasteiger partial charge in [0.05, 0.1) is 16.0 Å². The minimum atomic E-state index is -4.12. The second kappa shape index (κ2) is 8.42. The van der Waals surface area contributed by atoms with E-state index < -0.39 is 22.5 Å². The number of hydrogen-bond acceptors (Lipinski definition) is 7. The highest BCUT2D eigenvalue weighted by Crippen LogP contribution is 2.25. The SMILES string of the molecule is Cc1ccc(-n2nc(C(=O)COS(=O)(=O)c3ccc(C)cc3)c3csc(C)c3c2=O)cc1. The van der Waals surface area contributed by atoms with Crippen molar-refractivity contribution in [2.75, 3.05) is 6.61 Å². The van der Waals surface area contributed by atoms with Gasteiger partial charge in [0, 0.05) is 15.6 Å². The maximum atomic E-state index is 13.1. The maximum absolute atomic E-state index is 13.1. The third-order valence-corrected chi connectivity index (χ3v) is 7.22. The zero-order valence-corrected chi connectivity index (χ0v) is 19.3. The highest BCUT2D eigenvalue weighted by molar-refractivity contribution is 7.86. The highest BCUT2D eigenvalue weighted by Gasteiger charge is 2.23. The number of fused-ring (bicyclic) bond motifs is 1. The zero-order chi connectivity index (χ0) is 23.0. The average molecular weight is 469 g/mol. The van der Waals surface area contributed by atoms with E-state index in [-0.39, 0.29) is 16.1 Å². The van der Waals surface area contributed by atoms with Crippen molar-refractivity contribution in [3.8, 4) is 5.69 Å². The molecular weight excluding hydrogens is 448 g/mol. The number of Topliss-reactive ketones (excluding diaryl/α,β-unsaturated/α-hetero) is 1. The molecule has 0 radical (unpaired) electrons. The molecule has 0 aliphatic heterocycles. The molecular formula is C23H20N2O5S2. The van der Waals surface area contributed by atoms with Crippen molar-refractivity contribution in [1.29, 1.82) is 0 Å². The molecule has 0 bridgehead atoms. The number of thiophene rings is 1. The standard InChI is InChI=1S/C23H20N2O5S2/c1-14-4-8-17(9-5-14)25-23(27)21-16(3)31-13-19(21)22(24-25)20(26)12-30-32(28,29)18-10-6-15(2)7-11-18/h4-11,13H,12H2,1-3H3. The molecule has 0 N–H and O–H groups in total. The van der Waals surface area contributed by atoms with E-state index in [9.17, 15) is 18.0 Å². The Morgan fingerprint density at radius 1 is 1.00 bits per heavy atom. The van der Waals surface area contributed by atoms with Crippen LogP contribution in [-0.4, -0.2) is 30.6 Å². The number of carbonyl (C=O) groups excluding carboxylic acids is 1. The molecule has 7 nitrogen and oxygen atoms in total. The number of benzene rings is 2. The predicted molar refractivity (Wildman–Crippen MR) is 123 cm³/mol. The van der Waals surface area contributed by atoms with Crippen LogP contribution in [0, 0.1) is 20.8 Å². The topological polar surface area (TPSA) is 95.3 Å². The molecule has 2 heterocycles. The monoisotopic (exact) mass is 468 g/mol. The van der Waals surface area contributed by atoms with Gasteiger partial charge in [0.2, 0.25) is 5.78 Å². The molecule has 0 unspecified atom stereocenters. The molecule has 4 rings (SSSR count). The normalized spacial score (nSPS) is 11.7. The lowest BCUT2D eigenvalue weighted by Crippen LogP contribution is -2.26. The lowest BCUT2D eigenvalue weighted by Gasteiger charge is -2.10. The lowest BCUT2D eigenvalue weighted by atomic mass is 10.1. The summed E-state index contributed by atoms with van der Waals surface area (Å²) in [6, 6.07) is 13.3. The molecule has 2 aromatic carbocycles. The van der Waals surface area contributed by atoms with Crippen LogP contribution in [0.4, 0.5) is 0 Å². The first-order valence-corrected chi connectivity index (χ1v) is 12.0. The molecule has 4 aromatic rings. The van der Waals surface area contributed by atoms with Gasteiger partial charge in [-0.3, -0.25) is 13.8 Å². The van der Waals surface area contributed by atoms with E-state index in [1.807, 2.05) is 26.0 Å². The Hall–Kier alpha value is -3.14. The summed E-state index contributed by atoms with van der Waals surface area (Å²) in [6.07, 6.45) is 0. The molecule has 0 amide bonds. The van der Waals surface area contributed by atoms with Crippen LogP contribution < -0.4 is 5.56 Å². The van der Waals surface area contributed by atoms with Crippen LogP contribution in [0.1, 0.15) is 26.5 Å². The van der Waals surface area contributed by atoms with Crippen LogP contribution in [-0.2, 0) is 14.3 Å². The van der Waals surface area contributed by atoms with Crippen LogP contribution in [0.3, 0.4) is 0 Å². The van der Waals surface area contributed by atoms with Gasteiger partial charge in [0.1, 0.15) is 12.3 Å². The number of nitrogens with zero attached hydrogens (tertiary/aromatic N) is 2. The molecule has 0 aliphatic rings. The van der Waals surface area contributed by atoms with Crippen LogP contribution in [0.25, 0.3) is 16.5 Å². The smallest absolute Gasteiger partial charge is 0.290 e. The summed E-state index contributed by atoms with van der Waals surface area (Å²) in [4.78, 5) is 26.8. The predicted octanol–water partition coefficient (Wildman–Crippen LogP) is 3.96. The van der Waals surface area contributed by atoms with Crippen molar-refractivity contribution in [3.05, 3.63) is 86.0 Å². The van der Waals surface area contributed by atoms with Gasteiger partial charge in [-0.1, -0.05) is 35.4 Å². The van der Waals surface area contributed by atoms with Crippen molar-refractivity contribution in [1.82, 2.24) is 9.78 Å². The molecule has 0 atom stereocenters. The van der Waals surface area contributed by atoms with Gasteiger partial charge in [0.15, 0.2) is 0 Å². The fraction of sp³-hybridized carbons (Fsp3) is 0.174. The van der Waals surface area contributed by atoms with Gasteiger partial charge in [0.25, 0.3) is 15.7 Å². The molecule has 0 saturated heterocycles. The fourth-order valence-corrected chi connectivity index (χ4v) is 4.95. The van der Waals surface area contributed by atoms with Crippen LogP contribution >= 0.6 is 11.3 Å². The summed E-state index contributed by atoms with van der Waals surface area (Å²) in [5.74, 6) is -0.635. The number of aromatic nitrogens is 2. The molecule has 0 spiro atoms. The van der Waals surface area contributed by atoms with E-state index in [2.05, 4.69) is 5.10 Å². The van der Waals surface area contributed by atoms with Gasteiger partial charge < -0.3 is 0 Å². The molecule has 0 aliphatic carbocycles. The molecule has 2 aromatic heterocycles.